The zero-order valence-electron chi connectivity index (χ0n) is 14.6. The quantitative estimate of drug-likeness (QED) is 0.213. The molecule has 7 heteroatoms. The Bertz CT molecular complexity index is 503. The van der Waals surface area contributed by atoms with Crippen LogP contribution in [-0.4, -0.2) is 43.7 Å². The van der Waals surface area contributed by atoms with Gasteiger partial charge in [0.1, 0.15) is 0 Å². The van der Waals surface area contributed by atoms with Crippen molar-refractivity contribution < 1.29 is 9.66 Å². The Morgan fingerprint density at radius 3 is 2.58 bits per heavy atom. The second-order valence-corrected chi connectivity index (χ2v) is 5.27. The third-order valence-corrected chi connectivity index (χ3v) is 3.38. The number of guanidine groups is 1. The lowest BCUT2D eigenvalue weighted by Gasteiger charge is -2.11. The summed E-state index contributed by atoms with van der Waals surface area (Å²) < 4.78 is 5.29. The number of benzene rings is 1. The number of hydrogen-bond donors (Lipinski definition) is 2. The average Bonchev–Trinajstić information content (AvgIpc) is 2.58. The monoisotopic (exact) mass is 336 g/mol. The van der Waals surface area contributed by atoms with Gasteiger partial charge in [-0.15, -0.1) is 0 Å². The maximum Gasteiger partial charge on any atom is 0.269 e. The number of non-ortho nitro benzene ring substituents is 1. The summed E-state index contributed by atoms with van der Waals surface area (Å²) in [4.78, 5) is 14.8. The van der Waals surface area contributed by atoms with Crippen LogP contribution in [0.15, 0.2) is 29.3 Å². The van der Waals surface area contributed by atoms with Crippen molar-refractivity contribution in [3.63, 3.8) is 0 Å². The Morgan fingerprint density at radius 1 is 1.21 bits per heavy atom. The van der Waals surface area contributed by atoms with Gasteiger partial charge in [-0.25, -0.2) is 0 Å². The normalized spacial score (nSPS) is 11.3. The molecule has 0 bridgehead atoms. The van der Waals surface area contributed by atoms with Crippen molar-refractivity contribution in [3.05, 3.63) is 39.9 Å². The van der Waals surface area contributed by atoms with Gasteiger partial charge in [0.05, 0.1) is 11.5 Å². The molecular formula is C17H28N4O3. The van der Waals surface area contributed by atoms with Crippen LogP contribution in [0.5, 0.6) is 0 Å². The van der Waals surface area contributed by atoms with E-state index >= 15 is 0 Å². The third kappa shape index (κ3) is 8.47. The zero-order valence-corrected chi connectivity index (χ0v) is 14.6. The summed E-state index contributed by atoms with van der Waals surface area (Å²) in [6.45, 7) is 7.71. The highest BCUT2D eigenvalue weighted by molar-refractivity contribution is 5.79. The Morgan fingerprint density at radius 2 is 1.96 bits per heavy atom. The zero-order chi connectivity index (χ0) is 17.6. The highest BCUT2D eigenvalue weighted by atomic mass is 16.6. The fraction of sp³-hybridized carbons (Fsp3) is 0.588. The predicted octanol–water partition coefficient (Wildman–Crippen LogP) is 2.51. The first-order valence-electron chi connectivity index (χ1n) is 8.50. The molecule has 1 aromatic rings. The van der Waals surface area contributed by atoms with Gasteiger partial charge in [0, 0.05) is 38.4 Å². The molecule has 1 rings (SSSR count). The van der Waals surface area contributed by atoms with Crippen molar-refractivity contribution >= 4 is 11.6 Å². The number of ether oxygens (including phenoxy) is 1. The van der Waals surface area contributed by atoms with E-state index in [4.69, 9.17) is 4.74 Å². The Kier molecular flexibility index (Phi) is 10.2. The molecule has 0 aliphatic carbocycles. The molecule has 0 radical (unpaired) electrons. The van der Waals surface area contributed by atoms with Gasteiger partial charge in [-0.3, -0.25) is 15.1 Å². The lowest BCUT2D eigenvalue weighted by Crippen LogP contribution is -2.39. The molecule has 0 fully saturated rings. The fourth-order valence-electron chi connectivity index (χ4n) is 2.14. The number of unbranched alkanes of at least 4 members (excludes halogenated alkanes) is 1. The topological polar surface area (TPSA) is 88.8 Å². The van der Waals surface area contributed by atoms with Crippen molar-refractivity contribution in [3.8, 4) is 0 Å². The van der Waals surface area contributed by atoms with E-state index < -0.39 is 0 Å². The average molecular weight is 336 g/mol. The Labute approximate surface area is 143 Å². The van der Waals surface area contributed by atoms with Gasteiger partial charge >= 0.3 is 0 Å². The maximum atomic E-state index is 10.6. The van der Waals surface area contributed by atoms with Crippen LogP contribution in [0.2, 0.25) is 0 Å². The molecule has 0 spiro atoms. The molecule has 0 saturated carbocycles. The van der Waals surface area contributed by atoms with E-state index in [1.54, 1.807) is 12.1 Å². The van der Waals surface area contributed by atoms with E-state index in [1.807, 2.05) is 26.0 Å². The first kappa shape index (κ1) is 19.9. The first-order valence-corrected chi connectivity index (χ1v) is 8.50. The fourth-order valence-corrected chi connectivity index (χ4v) is 2.14. The van der Waals surface area contributed by atoms with Gasteiger partial charge in [-0.2, -0.15) is 0 Å². The smallest absolute Gasteiger partial charge is 0.269 e. The van der Waals surface area contributed by atoms with Crippen LogP contribution in [0.1, 0.15) is 32.3 Å². The molecule has 0 unspecified atom stereocenters. The lowest BCUT2D eigenvalue weighted by atomic mass is 10.1. The molecule has 1 aromatic carbocycles. The van der Waals surface area contributed by atoms with E-state index in [0.717, 1.165) is 57.0 Å². The summed E-state index contributed by atoms with van der Waals surface area (Å²) in [6, 6.07) is 6.75. The van der Waals surface area contributed by atoms with Gasteiger partial charge in [-0.1, -0.05) is 12.1 Å². The molecule has 0 atom stereocenters. The number of hydrogen-bond acceptors (Lipinski definition) is 4. The molecule has 7 nitrogen and oxygen atoms in total. The van der Waals surface area contributed by atoms with Crippen LogP contribution in [0.25, 0.3) is 0 Å². The molecule has 24 heavy (non-hydrogen) atoms. The maximum absolute atomic E-state index is 10.6. The number of nitro groups is 1. The largest absolute Gasteiger partial charge is 0.380 e. The molecule has 0 heterocycles. The van der Waals surface area contributed by atoms with Crippen LogP contribution >= 0.6 is 0 Å². The van der Waals surface area contributed by atoms with E-state index in [0.29, 0.717) is 6.61 Å². The minimum Gasteiger partial charge on any atom is -0.380 e. The van der Waals surface area contributed by atoms with Crippen LogP contribution in [0, 0.1) is 10.1 Å². The second kappa shape index (κ2) is 12.3. The number of aryl methyl sites for hydroxylation is 1. The van der Waals surface area contributed by atoms with Crippen LogP contribution < -0.4 is 10.6 Å². The first-order chi connectivity index (χ1) is 11.7. The highest BCUT2D eigenvalue weighted by Gasteiger charge is 2.03. The molecule has 2 N–H and O–H groups in total. The van der Waals surface area contributed by atoms with Crippen LogP contribution in [0.3, 0.4) is 0 Å². The SMILES string of the molecule is CCNC(=NCCCCc1ccc([N+](=O)[O-])cc1)NCCOCC. The number of nitrogens with zero attached hydrogens (tertiary/aromatic N) is 2. The number of aliphatic imine (C=N–C) groups is 1. The molecule has 0 aliphatic heterocycles. The van der Waals surface area contributed by atoms with E-state index in [1.165, 1.54) is 0 Å². The minimum absolute atomic E-state index is 0.136. The van der Waals surface area contributed by atoms with E-state index in [2.05, 4.69) is 15.6 Å². The van der Waals surface area contributed by atoms with Crippen LogP contribution in [-0.2, 0) is 11.2 Å². The molecule has 0 aromatic heterocycles. The lowest BCUT2D eigenvalue weighted by molar-refractivity contribution is -0.384. The summed E-state index contributed by atoms with van der Waals surface area (Å²) in [5.41, 5.74) is 1.25. The third-order valence-electron chi connectivity index (χ3n) is 3.38. The predicted molar refractivity (Wildman–Crippen MR) is 96.5 cm³/mol. The number of nitro benzene ring substituents is 1. The number of rotatable bonds is 11. The summed E-state index contributed by atoms with van der Waals surface area (Å²) in [6.07, 6.45) is 2.88. The van der Waals surface area contributed by atoms with Crippen molar-refractivity contribution in [2.75, 3.05) is 32.8 Å². The van der Waals surface area contributed by atoms with Crippen molar-refractivity contribution in [1.82, 2.24) is 10.6 Å². The van der Waals surface area contributed by atoms with Gasteiger partial charge in [0.15, 0.2) is 5.96 Å². The Balaban J connectivity index is 2.26. The highest BCUT2D eigenvalue weighted by Crippen LogP contribution is 2.13. The van der Waals surface area contributed by atoms with Gasteiger partial charge < -0.3 is 15.4 Å². The van der Waals surface area contributed by atoms with Gasteiger partial charge in [0.2, 0.25) is 0 Å². The Hall–Kier alpha value is -2.15. The van der Waals surface area contributed by atoms with Gasteiger partial charge in [0.25, 0.3) is 5.69 Å². The molecule has 0 saturated heterocycles. The minimum atomic E-state index is -0.376. The summed E-state index contributed by atoms with van der Waals surface area (Å²) in [7, 11) is 0. The molecule has 0 aliphatic rings. The molecule has 134 valence electrons. The van der Waals surface area contributed by atoms with Gasteiger partial charge in [-0.05, 0) is 38.7 Å². The van der Waals surface area contributed by atoms with E-state index in [9.17, 15) is 10.1 Å². The standard InChI is InChI=1S/C17H28N4O3/c1-3-18-17(20-13-14-24-4-2)19-12-6-5-7-15-8-10-16(11-9-15)21(22)23/h8-11H,3-7,12-14H2,1-2H3,(H2,18,19,20). The van der Waals surface area contributed by atoms with Crippen molar-refractivity contribution in [1.29, 1.82) is 0 Å². The van der Waals surface area contributed by atoms with Crippen LogP contribution in [0.4, 0.5) is 5.69 Å². The molecular weight excluding hydrogens is 308 g/mol. The summed E-state index contributed by atoms with van der Waals surface area (Å²) in [5, 5.41) is 17.0. The summed E-state index contributed by atoms with van der Waals surface area (Å²) >= 11 is 0. The second-order valence-electron chi connectivity index (χ2n) is 5.27. The van der Waals surface area contributed by atoms with E-state index in [-0.39, 0.29) is 10.6 Å². The molecule has 0 amide bonds. The number of nitrogens with one attached hydrogen (secondary N) is 2. The van der Waals surface area contributed by atoms with Crippen molar-refractivity contribution in [2.45, 2.75) is 33.1 Å². The summed E-state index contributed by atoms with van der Waals surface area (Å²) in [5.74, 6) is 0.813. The van der Waals surface area contributed by atoms with Crippen molar-refractivity contribution in [2.24, 2.45) is 4.99 Å².